The minimum absolute atomic E-state index is 0.0435. The summed E-state index contributed by atoms with van der Waals surface area (Å²) in [6.07, 6.45) is 0. The lowest BCUT2D eigenvalue weighted by atomic mass is 10.0. The van der Waals surface area contributed by atoms with Crippen LogP contribution in [-0.4, -0.2) is 11.8 Å². The largest absolute Gasteiger partial charge is 0.419 e. The molecule has 0 saturated carbocycles. The molecule has 0 radical (unpaired) electrons. The van der Waals surface area contributed by atoms with Crippen LogP contribution in [0.1, 0.15) is 11.0 Å². The Morgan fingerprint density at radius 3 is 2.53 bits per heavy atom. The van der Waals surface area contributed by atoms with E-state index in [1.165, 1.54) is 6.07 Å². The molecule has 0 N–H and O–H groups in total. The number of carbonyl (C=O) groups excluding carboxylic acids is 2. The summed E-state index contributed by atoms with van der Waals surface area (Å²) in [5.41, 5.74) is 1.20. The number of ketones is 1. The Hall–Kier alpha value is -2.13. The van der Waals surface area contributed by atoms with Crippen LogP contribution >= 0.6 is 11.6 Å². The summed E-state index contributed by atoms with van der Waals surface area (Å²) in [4.78, 5) is 23.2. The second kappa shape index (κ2) is 5.67. The van der Waals surface area contributed by atoms with Gasteiger partial charge in [-0.25, -0.2) is 4.79 Å². The van der Waals surface area contributed by atoms with Crippen molar-refractivity contribution in [2.45, 2.75) is 6.85 Å². The van der Waals surface area contributed by atoms with Gasteiger partial charge in [-0.2, -0.15) is 0 Å². The standard InChI is InChI=1S/C15H11ClO3/c1-10(17)15(18)19-14-12(8-5-9-13(14)16)11-6-3-2-4-7-11/h2-9H,1H3/i1D3. The van der Waals surface area contributed by atoms with Gasteiger partial charge < -0.3 is 4.74 Å². The van der Waals surface area contributed by atoms with Gasteiger partial charge >= 0.3 is 5.97 Å². The van der Waals surface area contributed by atoms with Gasteiger partial charge in [0.2, 0.25) is 5.78 Å². The third kappa shape index (κ3) is 3.01. The van der Waals surface area contributed by atoms with Gasteiger partial charge in [0.15, 0.2) is 5.75 Å². The summed E-state index contributed by atoms with van der Waals surface area (Å²) < 4.78 is 25.8. The van der Waals surface area contributed by atoms with Crippen LogP contribution in [0.3, 0.4) is 0 Å². The summed E-state index contributed by atoms with van der Waals surface area (Å²) in [6.45, 7) is -3.05. The first kappa shape index (κ1) is 9.75. The number of hydrogen-bond acceptors (Lipinski definition) is 3. The maximum atomic E-state index is 11.7. The molecular formula is C15H11ClO3. The summed E-state index contributed by atoms with van der Waals surface area (Å²) in [6, 6.07) is 13.7. The van der Waals surface area contributed by atoms with Crippen LogP contribution in [0.2, 0.25) is 5.02 Å². The molecule has 0 spiro atoms. The first-order valence-electron chi connectivity index (χ1n) is 6.91. The number of para-hydroxylation sites is 1. The molecule has 2 aromatic carbocycles. The second-order valence-electron chi connectivity index (χ2n) is 3.70. The van der Waals surface area contributed by atoms with Crippen molar-refractivity contribution in [3.8, 4) is 16.9 Å². The maximum absolute atomic E-state index is 11.7. The molecule has 0 aliphatic rings. The van der Waals surface area contributed by atoms with Crippen LogP contribution in [0.25, 0.3) is 11.1 Å². The first-order valence-corrected chi connectivity index (χ1v) is 5.79. The van der Waals surface area contributed by atoms with Crippen LogP contribution in [0.5, 0.6) is 5.75 Å². The van der Waals surface area contributed by atoms with Crippen molar-refractivity contribution in [2.24, 2.45) is 0 Å². The summed E-state index contributed by atoms with van der Waals surface area (Å²) in [5, 5.41) is 0.105. The molecule has 96 valence electrons. The molecule has 0 atom stereocenters. The normalized spacial score (nSPS) is 13.0. The third-order valence-electron chi connectivity index (χ3n) is 2.43. The van der Waals surface area contributed by atoms with Crippen LogP contribution in [-0.2, 0) is 9.59 Å². The number of halogens is 1. The smallest absolute Gasteiger partial charge is 0.379 e. The van der Waals surface area contributed by atoms with Gasteiger partial charge in [-0.05, 0) is 11.6 Å². The average Bonchev–Trinajstić information content (AvgIpc) is 2.48. The van der Waals surface area contributed by atoms with Gasteiger partial charge in [0, 0.05) is 16.5 Å². The van der Waals surface area contributed by atoms with Crippen molar-refractivity contribution in [1.29, 1.82) is 0 Å². The van der Waals surface area contributed by atoms with Crippen molar-refractivity contribution < 1.29 is 18.4 Å². The van der Waals surface area contributed by atoms with Crippen LogP contribution in [0.15, 0.2) is 48.5 Å². The molecule has 2 rings (SSSR count). The average molecular weight is 278 g/mol. The van der Waals surface area contributed by atoms with Gasteiger partial charge in [-0.15, -0.1) is 0 Å². The van der Waals surface area contributed by atoms with Crippen molar-refractivity contribution in [1.82, 2.24) is 0 Å². The quantitative estimate of drug-likeness (QED) is 0.490. The van der Waals surface area contributed by atoms with Crippen molar-refractivity contribution >= 4 is 23.4 Å². The zero-order chi connectivity index (χ0) is 16.3. The topological polar surface area (TPSA) is 43.4 Å². The Morgan fingerprint density at radius 2 is 1.84 bits per heavy atom. The van der Waals surface area contributed by atoms with E-state index in [0.29, 0.717) is 11.1 Å². The van der Waals surface area contributed by atoms with Gasteiger partial charge in [0.1, 0.15) is 0 Å². The SMILES string of the molecule is [2H]C([2H])([2H])C(=O)C(=O)Oc1c(Cl)cccc1-c1ccccc1. The molecule has 2 aromatic rings. The molecule has 3 nitrogen and oxygen atoms in total. The van der Waals surface area contributed by atoms with Gasteiger partial charge in [0.05, 0.1) is 5.02 Å². The highest BCUT2D eigenvalue weighted by molar-refractivity contribution is 6.35. The van der Waals surface area contributed by atoms with Crippen molar-refractivity contribution in [2.75, 3.05) is 0 Å². The molecule has 0 aliphatic heterocycles. The van der Waals surface area contributed by atoms with E-state index >= 15 is 0 Å². The molecule has 0 amide bonds. The molecule has 0 fully saturated rings. The molecule has 0 bridgehead atoms. The predicted molar refractivity (Wildman–Crippen MR) is 73.2 cm³/mol. The fraction of sp³-hybridized carbons (Fsp3) is 0.0667. The van der Waals surface area contributed by atoms with E-state index in [9.17, 15) is 9.59 Å². The third-order valence-corrected chi connectivity index (χ3v) is 2.73. The molecule has 0 saturated heterocycles. The van der Waals surface area contributed by atoms with Gasteiger partial charge in [-0.1, -0.05) is 54.1 Å². The van der Waals surface area contributed by atoms with Crippen molar-refractivity contribution in [3.05, 3.63) is 53.6 Å². The Labute approximate surface area is 120 Å². The molecule has 0 aromatic heterocycles. The first-order chi connectivity index (χ1) is 10.3. The number of esters is 1. The number of benzene rings is 2. The highest BCUT2D eigenvalue weighted by atomic mass is 35.5. The number of hydrogen-bond donors (Lipinski definition) is 0. The van der Waals surface area contributed by atoms with Gasteiger partial charge in [0.25, 0.3) is 0 Å². The number of carbonyl (C=O) groups is 2. The number of Topliss-reactive ketones (excluding diaryl/α,β-unsaturated/α-hetero) is 1. The summed E-state index contributed by atoms with van der Waals surface area (Å²) >= 11 is 6.01. The lowest BCUT2D eigenvalue weighted by Gasteiger charge is -2.10. The van der Waals surface area contributed by atoms with Crippen molar-refractivity contribution in [3.63, 3.8) is 0 Å². The Morgan fingerprint density at radius 1 is 1.11 bits per heavy atom. The molecule has 0 heterocycles. The Balaban J connectivity index is 2.40. The monoisotopic (exact) mass is 277 g/mol. The van der Waals surface area contributed by atoms with Crippen LogP contribution in [0.4, 0.5) is 0 Å². The minimum atomic E-state index is -3.05. The Bertz CT molecular complexity index is 712. The maximum Gasteiger partial charge on any atom is 0.379 e. The zero-order valence-electron chi connectivity index (χ0n) is 12.7. The predicted octanol–water partition coefficient (Wildman–Crippen LogP) is 3.50. The second-order valence-corrected chi connectivity index (χ2v) is 4.11. The number of ether oxygens (including phenoxy) is 1. The lowest BCUT2D eigenvalue weighted by Crippen LogP contribution is -2.17. The Kier molecular flexibility index (Phi) is 2.91. The zero-order valence-corrected chi connectivity index (χ0v) is 10.5. The lowest BCUT2D eigenvalue weighted by molar-refractivity contribution is -0.146. The van der Waals surface area contributed by atoms with Gasteiger partial charge in [-0.3, -0.25) is 4.79 Å². The summed E-state index contributed by atoms with van der Waals surface area (Å²) in [5.74, 6) is -3.10. The molecule has 0 aliphatic carbocycles. The molecular weight excluding hydrogens is 264 g/mol. The molecule has 0 unspecified atom stereocenters. The van der Waals surface area contributed by atoms with E-state index < -0.39 is 18.6 Å². The summed E-state index contributed by atoms with van der Waals surface area (Å²) in [7, 11) is 0. The number of rotatable bonds is 3. The van der Waals surface area contributed by atoms with E-state index in [0.717, 1.165) is 0 Å². The van der Waals surface area contributed by atoms with E-state index in [2.05, 4.69) is 0 Å². The van der Waals surface area contributed by atoms with Crippen LogP contribution < -0.4 is 4.74 Å². The fourth-order valence-corrected chi connectivity index (χ4v) is 1.81. The van der Waals surface area contributed by atoms with E-state index in [-0.39, 0.29) is 10.8 Å². The van der Waals surface area contributed by atoms with E-state index in [4.69, 9.17) is 20.5 Å². The highest BCUT2D eigenvalue weighted by Gasteiger charge is 2.17. The highest BCUT2D eigenvalue weighted by Crippen LogP contribution is 2.36. The van der Waals surface area contributed by atoms with E-state index in [1.54, 1.807) is 36.4 Å². The van der Waals surface area contributed by atoms with Crippen LogP contribution in [0, 0.1) is 0 Å². The minimum Gasteiger partial charge on any atom is -0.419 e. The van der Waals surface area contributed by atoms with E-state index in [1.807, 2.05) is 6.07 Å². The molecule has 4 heteroatoms. The fourth-order valence-electron chi connectivity index (χ4n) is 1.60. The molecule has 19 heavy (non-hydrogen) atoms.